The Morgan fingerprint density at radius 1 is 1.10 bits per heavy atom. The topological polar surface area (TPSA) is 57.5 Å². The van der Waals surface area contributed by atoms with Gasteiger partial charge in [-0.3, -0.25) is 0 Å². The van der Waals surface area contributed by atoms with Crippen molar-refractivity contribution in [1.82, 2.24) is 0 Å². The van der Waals surface area contributed by atoms with E-state index in [2.05, 4.69) is 11.8 Å². The van der Waals surface area contributed by atoms with Gasteiger partial charge in [0.15, 0.2) is 0 Å². The summed E-state index contributed by atoms with van der Waals surface area (Å²) in [4.78, 5) is 10.7. The number of aromatic hydroxyl groups is 1. The fourth-order valence-corrected chi connectivity index (χ4v) is 2.27. The number of aromatic carboxylic acids is 1. The van der Waals surface area contributed by atoms with Gasteiger partial charge >= 0.3 is 5.97 Å². The Bertz CT molecular complexity index is 768. The van der Waals surface area contributed by atoms with Crippen LogP contribution in [0.1, 0.15) is 21.5 Å². The molecule has 2 N–H and O–H groups in total. The van der Waals surface area contributed by atoms with E-state index < -0.39 is 17.6 Å². The second kappa shape index (κ2) is 6.10. The maximum Gasteiger partial charge on any atom is 0.335 e. The van der Waals surface area contributed by atoms with Crippen LogP contribution in [0.3, 0.4) is 0 Å². The van der Waals surface area contributed by atoms with Crippen LogP contribution in [0.5, 0.6) is 5.75 Å². The van der Waals surface area contributed by atoms with E-state index in [0.29, 0.717) is 3.57 Å². The van der Waals surface area contributed by atoms with Crippen molar-refractivity contribution in [3.8, 4) is 17.6 Å². The Morgan fingerprint density at radius 3 is 2.38 bits per heavy atom. The molecule has 0 atom stereocenters. The number of rotatable bonds is 1. The van der Waals surface area contributed by atoms with Gasteiger partial charge < -0.3 is 10.2 Å². The molecule has 21 heavy (non-hydrogen) atoms. The zero-order valence-corrected chi connectivity index (χ0v) is 12.5. The Labute approximate surface area is 132 Å². The number of hydrogen-bond donors (Lipinski definition) is 2. The first-order valence-electron chi connectivity index (χ1n) is 5.61. The summed E-state index contributed by atoms with van der Waals surface area (Å²) >= 11 is 1.80. The lowest BCUT2D eigenvalue weighted by Gasteiger charge is -2.00. The lowest BCUT2D eigenvalue weighted by atomic mass is 10.1. The number of hydrogen-bond acceptors (Lipinski definition) is 2. The van der Waals surface area contributed by atoms with Gasteiger partial charge in [-0.15, -0.1) is 0 Å². The van der Waals surface area contributed by atoms with E-state index in [-0.39, 0.29) is 22.4 Å². The van der Waals surface area contributed by atoms with Crippen LogP contribution in [-0.4, -0.2) is 16.2 Å². The molecule has 0 unspecified atom stereocenters. The number of phenols is 1. The van der Waals surface area contributed by atoms with Crippen LogP contribution in [0, 0.1) is 27.0 Å². The third-order valence-electron chi connectivity index (χ3n) is 2.57. The van der Waals surface area contributed by atoms with E-state index in [9.17, 15) is 18.7 Å². The van der Waals surface area contributed by atoms with Crippen molar-refractivity contribution in [3.63, 3.8) is 0 Å². The zero-order valence-electron chi connectivity index (χ0n) is 10.3. The quantitative estimate of drug-likeness (QED) is 0.570. The molecule has 0 spiro atoms. The number of benzene rings is 2. The summed E-state index contributed by atoms with van der Waals surface area (Å²) in [5.41, 5.74) is -0.193. The van der Waals surface area contributed by atoms with Crippen LogP contribution in [0.4, 0.5) is 8.78 Å². The molecule has 0 fully saturated rings. The number of carbonyl (C=O) groups is 1. The predicted molar refractivity (Wildman–Crippen MR) is 80.1 cm³/mol. The van der Waals surface area contributed by atoms with Crippen molar-refractivity contribution in [3.05, 3.63) is 62.2 Å². The summed E-state index contributed by atoms with van der Waals surface area (Å²) in [5, 5.41) is 18.0. The van der Waals surface area contributed by atoms with Crippen molar-refractivity contribution < 1.29 is 23.8 Å². The molecule has 106 valence electrons. The minimum absolute atomic E-state index is 0.0371. The summed E-state index contributed by atoms with van der Waals surface area (Å²) in [7, 11) is 0. The minimum atomic E-state index is -1.24. The molecule has 0 amide bonds. The number of halogens is 3. The third kappa shape index (κ3) is 3.49. The highest BCUT2D eigenvalue weighted by Crippen LogP contribution is 2.21. The van der Waals surface area contributed by atoms with E-state index in [0.717, 1.165) is 12.1 Å². The maximum atomic E-state index is 13.7. The molecule has 0 aliphatic rings. The largest absolute Gasteiger partial charge is 0.508 e. The second-order valence-electron chi connectivity index (χ2n) is 4.03. The molecule has 0 heterocycles. The van der Waals surface area contributed by atoms with Crippen molar-refractivity contribution in [2.24, 2.45) is 0 Å². The van der Waals surface area contributed by atoms with Gasteiger partial charge in [-0.05, 0) is 46.9 Å². The van der Waals surface area contributed by atoms with Gasteiger partial charge in [-0.1, -0.05) is 11.8 Å². The van der Waals surface area contributed by atoms with Crippen LogP contribution >= 0.6 is 22.6 Å². The predicted octanol–water partition coefficient (Wildman–Crippen LogP) is 3.37. The van der Waals surface area contributed by atoms with Gasteiger partial charge in [0, 0.05) is 9.64 Å². The smallest absolute Gasteiger partial charge is 0.335 e. The summed E-state index contributed by atoms with van der Waals surface area (Å²) < 4.78 is 27.7. The molecule has 0 aliphatic carbocycles. The first-order valence-corrected chi connectivity index (χ1v) is 6.69. The third-order valence-corrected chi connectivity index (χ3v) is 3.42. The summed E-state index contributed by atoms with van der Waals surface area (Å²) in [5.74, 6) is 1.96. The van der Waals surface area contributed by atoms with Crippen molar-refractivity contribution in [1.29, 1.82) is 0 Å². The van der Waals surface area contributed by atoms with E-state index >= 15 is 0 Å². The molecule has 2 aromatic rings. The number of carboxylic acids is 1. The van der Waals surface area contributed by atoms with Crippen LogP contribution in [0.2, 0.25) is 0 Å². The normalized spacial score (nSPS) is 9.86. The molecule has 6 heteroatoms. The molecule has 3 nitrogen and oxygen atoms in total. The molecule has 0 aliphatic heterocycles. The molecular formula is C15H7F2IO3. The highest BCUT2D eigenvalue weighted by atomic mass is 127. The lowest BCUT2D eigenvalue weighted by molar-refractivity contribution is 0.0696. The van der Waals surface area contributed by atoms with E-state index in [1.165, 1.54) is 18.2 Å². The van der Waals surface area contributed by atoms with Crippen LogP contribution in [0.15, 0.2) is 30.3 Å². The highest BCUT2D eigenvalue weighted by Gasteiger charge is 2.08. The average Bonchev–Trinajstić information content (AvgIpc) is 2.38. The molecule has 0 aromatic heterocycles. The first kappa shape index (κ1) is 15.3. The summed E-state index contributed by atoms with van der Waals surface area (Å²) in [6, 6.07) is 5.53. The zero-order chi connectivity index (χ0) is 15.6. The first-order chi connectivity index (χ1) is 9.88. The van der Waals surface area contributed by atoms with Gasteiger partial charge in [0.05, 0.1) is 16.7 Å². The number of carboxylic acid groups (broad SMARTS) is 1. The fraction of sp³-hybridized carbons (Fsp3) is 0. The molecule has 2 aromatic carbocycles. The Morgan fingerprint density at radius 2 is 1.81 bits per heavy atom. The second-order valence-corrected chi connectivity index (χ2v) is 5.20. The van der Waals surface area contributed by atoms with Gasteiger partial charge in [0.2, 0.25) is 0 Å². The average molecular weight is 400 g/mol. The Kier molecular flexibility index (Phi) is 4.43. The molecular weight excluding hydrogens is 393 g/mol. The van der Waals surface area contributed by atoms with Gasteiger partial charge in [-0.2, -0.15) is 0 Å². The Balaban J connectivity index is 2.43. The van der Waals surface area contributed by atoms with Crippen LogP contribution in [-0.2, 0) is 0 Å². The monoisotopic (exact) mass is 400 g/mol. The molecule has 0 bridgehead atoms. The van der Waals surface area contributed by atoms with Gasteiger partial charge in [0.1, 0.15) is 17.4 Å². The van der Waals surface area contributed by atoms with Crippen LogP contribution in [0.25, 0.3) is 0 Å². The standard InChI is InChI=1S/C15H7F2IO3/c16-12-5-9(15(20)21)2-1-8(12)3-4-11-13(17)6-10(19)7-14(11)18/h1-2,5-7,19H,(H,20,21). The molecule has 0 saturated carbocycles. The van der Waals surface area contributed by atoms with Gasteiger partial charge in [-0.25, -0.2) is 13.6 Å². The van der Waals surface area contributed by atoms with Crippen molar-refractivity contribution in [2.45, 2.75) is 0 Å². The molecule has 0 radical (unpaired) electrons. The van der Waals surface area contributed by atoms with E-state index in [1.54, 1.807) is 22.6 Å². The van der Waals surface area contributed by atoms with E-state index in [1.807, 2.05) is 0 Å². The van der Waals surface area contributed by atoms with Crippen molar-refractivity contribution >= 4 is 28.6 Å². The lowest BCUT2D eigenvalue weighted by Crippen LogP contribution is -1.98. The summed E-state index contributed by atoms with van der Waals surface area (Å²) in [6.07, 6.45) is 0. The number of phenolic OH excluding ortho intramolecular Hbond substituents is 1. The van der Waals surface area contributed by atoms with Crippen LogP contribution < -0.4 is 0 Å². The highest BCUT2D eigenvalue weighted by molar-refractivity contribution is 14.1. The van der Waals surface area contributed by atoms with E-state index in [4.69, 9.17) is 5.11 Å². The summed E-state index contributed by atoms with van der Waals surface area (Å²) in [6.45, 7) is 0. The molecule has 0 saturated heterocycles. The Hall–Kier alpha value is -2.14. The minimum Gasteiger partial charge on any atom is -0.508 e. The fourth-order valence-electron chi connectivity index (χ4n) is 1.56. The SMILES string of the molecule is O=C(O)c1ccc(C#Cc2c(F)cc(O)cc2I)c(F)c1. The maximum absolute atomic E-state index is 13.7. The molecule has 2 rings (SSSR count). The van der Waals surface area contributed by atoms with Gasteiger partial charge in [0.25, 0.3) is 0 Å². The van der Waals surface area contributed by atoms with Crippen molar-refractivity contribution in [2.75, 3.05) is 0 Å².